The van der Waals surface area contributed by atoms with E-state index in [9.17, 15) is 0 Å². The van der Waals surface area contributed by atoms with Crippen molar-refractivity contribution < 1.29 is 0 Å². The molecule has 2 heteroatoms. The zero-order valence-electron chi connectivity index (χ0n) is 8.98. The van der Waals surface area contributed by atoms with Crippen molar-refractivity contribution in [3.63, 3.8) is 0 Å². The van der Waals surface area contributed by atoms with Crippen LogP contribution in [0.15, 0.2) is 12.1 Å². The molecule has 0 radical (unpaired) electrons. The van der Waals surface area contributed by atoms with Crippen LogP contribution in [0.2, 0.25) is 5.02 Å². The van der Waals surface area contributed by atoms with Gasteiger partial charge in [-0.2, -0.15) is 5.26 Å². The molecule has 0 spiro atoms. The second kappa shape index (κ2) is 3.63. The molecule has 1 aromatic carbocycles. The molecule has 74 valence electrons. The number of halogens is 1. The molecule has 1 nitrogen and oxygen atoms in total. The Morgan fingerprint density at radius 3 is 2.21 bits per heavy atom. The van der Waals surface area contributed by atoms with Gasteiger partial charge in [-0.3, -0.25) is 0 Å². The summed E-state index contributed by atoms with van der Waals surface area (Å²) in [6.45, 7) is 8.35. The van der Waals surface area contributed by atoms with Crippen LogP contribution >= 0.6 is 11.6 Å². The molecule has 1 rings (SSSR count). The Hall–Kier alpha value is -1.000. The highest BCUT2D eigenvalue weighted by molar-refractivity contribution is 6.31. The van der Waals surface area contributed by atoms with E-state index >= 15 is 0 Å². The van der Waals surface area contributed by atoms with Crippen LogP contribution < -0.4 is 0 Å². The summed E-state index contributed by atoms with van der Waals surface area (Å²) >= 11 is 6.15. The minimum Gasteiger partial charge on any atom is -0.192 e. The molecule has 0 heterocycles. The quantitative estimate of drug-likeness (QED) is 0.635. The predicted octanol–water partition coefficient (Wildman–Crippen LogP) is 3.82. The van der Waals surface area contributed by atoms with Gasteiger partial charge in [-0.15, -0.1) is 0 Å². The zero-order chi connectivity index (χ0) is 10.9. The minimum atomic E-state index is 0.0230. The van der Waals surface area contributed by atoms with Gasteiger partial charge in [-0.05, 0) is 35.6 Å². The highest BCUT2D eigenvalue weighted by Gasteiger charge is 2.20. The van der Waals surface area contributed by atoms with Gasteiger partial charge in [-0.25, -0.2) is 0 Å². The number of benzene rings is 1. The number of nitrogens with zero attached hydrogens (tertiary/aromatic N) is 1. The van der Waals surface area contributed by atoms with Crippen LogP contribution in [0.4, 0.5) is 0 Å². The Kier molecular flexibility index (Phi) is 2.87. The molecule has 0 saturated heterocycles. The summed E-state index contributed by atoms with van der Waals surface area (Å²) in [5.74, 6) is 0. The van der Waals surface area contributed by atoms with Gasteiger partial charge in [0.1, 0.15) is 0 Å². The van der Waals surface area contributed by atoms with Crippen molar-refractivity contribution in [2.45, 2.75) is 33.1 Å². The average Bonchev–Trinajstić information content (AvgIpc) is 1.99. The van der Waals surface area contributed by atoms with Crippen molar-refractivity contribution in [1.29, 1.82) is 5.26 Å². The average molecular weight is 208 g/mol. The molecule has 0 atom stereocenters. The fourth-order valence-electron chi connectivity index (χ4n) is 1.76. The highest BCUT2D eigenvalue weighted by atomic mass is 35.5. The van der Waals surface area contributed by atoms with Crippen LogP contribution in [-0.4, -0.2) is 0 Å². The van der Waals surface area contributed by atoms with E-state index in [0.717, 1.165) is 11.1 Å². The highest BCUT2D eigenvalue weighted by Crippen LogP contribution is 2.32. The normalized spacial score (nSPS) is 11.1. The van der Waals surface area contributed by atoms with Crippen molar-refractivity contribution in [3.8, 4) is 6.07 Å². The monoisotopic (exact) mass is 207 g/mol. The molecule has 0 amide bonds. The molecular weight excluding hydrogens is 194 g/mol. The van der Waals surface area contributed by atoms with Crippen LogP contribution in [0.25, 0.3) is 0 Å². The maximum atomic E-state index is 8.77. The first kappa shape index (κ1) is 11.1. The van der Waals surface area contributed by atoms with E-state index < -0.39 is 0 Å². The van der Waals surface area contributed by atoms with E-state index in [1.54, 1.807) is 6.07 Å². The second-order valence-electron chi connectivity index (χ2n) is 4.51. The summed E-state index contributed by atoms with van der Waals surface area (Å²) in [7, 11) is 0. The predicted molar refractivity (Wildman–Crippen MR) is 59.6 cm³/mol. The topological polar surface area (TPSA) is 23.8 Å². The lowest BCUT2D eigenvalue weighted by Crippen LogP contribution is -2.14. The summed E-state index contributed by atoms with van der Waals surface area (Å²) < 4.78 is 0. The maximum absolute atomic E-state index is 8.77. The van der Waals surface area contributed by atoms with Crippen molar-refractivity contribution in [2.75, 3.05) is 0 Å². The SMILES string of the molecule is Cc1cc(C#N)cc(Cl)c1C(C)(C)C. The third-order valence-electron chi connectivity index (χ3n) is 2.17. The Labute approximate surface area is 90.3 Å². The van der Waals surface area contributed by atoms with Gasteiger partial charge < -0.3 is 0 Å². The fraction of sp³-hybridized carbons (Fsp3) is 0.417. The molecule has 0 aliphatic carbocycles. The maximum Gasteiger partial charge on any atom is 0.0992 e. The van der Waals surface area contributed by atoms with Crippen molar-refractivity contribution in [3.05, 3.63) is 33.8 Å². The van der Waals surface area contributed by atoms with Crippen molar-refractivity contribution in [1.82, 2.24) is 0 Å². The van der Waals surface area contributed by atoms with Gasteiger partial charge in [0.05, 0.1) is 11.6 Å². The van der Waals surface area contributed by atoms with Gasteiger partial charge in [0, 0.05) is 5.02 Å². The van der Waals surface area contributed by atoms with E-state index in [0.29, 0.717) is 10.6 Å². The van der Waals surface area contributed by atoms with E-state index in [-0.39, 0.29) is 5.41 Å². The largest absolute Gasteiger partial charge is 0.192 e. The second-order valence-corrected chi connectivity index (χ2v) is 4.92. The summed E-state index contributed by atoms with van der Waals surface area (Å²) in [6, 6.07) is 5.72. The van der Waals surface area contributed by atoms with Crippen LogP contribution in [0.3, 0.4) is 0 Å². The lowest BCUT2D eigenvalue weighted by atomic mass is 9.83. The molecular formula is C12H14ClN. The molecule has 0 bridgehead atoms. The van der Waals surface area contributed by atoms with E-state index in [1.165, 1.54) is 0 Å². The summed E-state index contributed by atoms with van der Waals surface area (Å²) in [4.78, 5) is 0. The van der Waals surface area contributed by atoms with Gasteiger partial charge in [-0.1, -0.05) is 32.4 Å². The Morgan fingerprint density at radius 1 is 1.29 bits per heavy atom. The molecule has 1 aromatic rings. The molecule has 0 N–H and O–H groups in total. The molecule has 0 aliphatic rings. The third kappa shape index (κ3) is 2.08. The van der Waals surface area contributed by atoms with Crippen LogP contribution in [0.5, 0.6) is 0 Å². The molecule has 0 aromatic heterocycles. The van der Waals surface area contributed by atoms with Crippen LogP contribution in [-0.2, 0) is 5.41 Å². The van der Waals surface area contributed by atoms with Crippen molar-refractivity contribution >= 4 is 11.6 Å². The van der Waals surface area contributed by atoms with E-state index in [2.05, 4.69) is 26.8 Å². The molecule has 0 fully saturated rings. The molecule has 0 aliphatic heterocycles. The third-order valence-corrected chi connectivity index (χ3v) is 2.46. The smallest absolute Gasteiger partial charge is 0.0992 e. The zero-order valence-corrected chi connectivity index (χ0v) is 9.74. The first-order valence-electron chi connectivity index (χ1n) is 4.57. The lowest BCUT2D eigenvalue weighted by Gasteiger charge is -2.23. The molecule has 0 unspecified atom stereocenters. The molecule has 14 heavy (non-hydrogen) atoms. The summed E-state index contributed by atoms with van der Waals surface area (Å²) in [5.41, 5.74) is 2.86. The Morgan fingerprint density at radius 2 is 1.86 bits per heavy atom. The fourth-order valence-corrected chi connectivity index (χ4v) is 2.31. The summed E-state index contributed by atoms with van der Waals surface area (Å²) in [6.07, 6.45) is 0. The number of nitriles is 1. The Balaban J connectivity index is 3.42. The van der Waals surface area contributed by atoms with Gasteiger partial charge in [0.25, 0.3) is 0 Å². The number of aryl methyl sites for hydroxylation is 1. The van der Waals surface area contributed by atoms with Gasteiger partial charge in [0.2, 0.25) is 0 Å². The Bertz CT molecular complexity index is 371. The lowest BCUT2D eigenvalue weighted by molar-refractivity contribution is 0.586. The number of hydrogen-bond donors (Lipinski definition) is 0. The number of hydrogen-bond acceptors (Lipinski definition) is 1. The standard InChI is InChI=1S/C12H14ClN/c1-8-5-9(7-14)6-10(13)11(8)12(2,3)4/h5-6H,1-4H3. The first-order chi connectivity index (χ1) is 6.36. The van der Waals surface area contributed by atoms with Gasteiger partial charge >= 0.3 is 0 Å². The first-order valence-corrected chi connectivity index (χ1v) is 4.95. The van der Waals surface area contributed by atoms with Crippen LogP contribution in [0, 0.1) is 18.3 Å². The summed E-state index contributed by atoms with van der Waals surface area (Å²) in [5, 5.41) is 9.46. The van der Waals surface area contributed by atoms with Crippen LogP contribution in [0.1, 0.15) is 37.5 Å². The van der Waals surface area contributed by atoms with E-state index in [1.807, 2.05) is 13.0 Å². The molecule has 0 saturated carbocycles. The van der Waals surface area contributed by atoms with Crippen molar-refractivity contribution in [2.24, 2.45) is 0 Å². The van der Waals surface area contributed by atoms with Gasteiger partial charge in [0.15, 0.2) is 0 Å². The number of rotatable bonds is 0. The minimum absolute atomic E-state index is 0.0230. The van der Waals surface area contributed by atoms with E-state index in [4.69, 9.17) is 16.9 Å².